The maximum absolute atomic E-state index is 12.6. The number of halogens is 3. The van der Waals surface area contributed by atoms with Crippen LogP contribution in [0.15, 0.2) is 24.8 Å². The van der Waals surface area contributed by atoms with Crippen molar-refractivity contribution in [3.63, 3.8) is 0 Å². The SMILES string of the molecule is C=C(C)c1ccc(-c2cc(C(F)(F)F)n(C)n2)s1.OCCN1CCCCC1. The maximum Gasteiger partial charge on any atom is 0.433 e. The van der Waals surface area contributed by atoms with Gasteiger partial charge in [0.05, 0.1) is 11.5 Å². The van der Waals surface area contributed by atoms with Crippen LogP contribution in [-0.2, 0) is 13.2 Å². The number of hydrogen-bond acceptors (Lipinski definition) is 4. The minimum Gasteiger partial charge on any atom is -0.395 e. The molecule has 4 nitrogen and oxygen atoms in total. The van der Waals surface area contributed by atoms with E-state index in [2.05, 4.69) is 16.6 Å². The second kappa shape index (κ2) is 9.52. The molecule has 0 atom stereocenters. The van der Waals surface area contributed by atoms with Crippen LogP contribution in [0.5, 0.6) is 0 Å². The fourth-order valence-corrected chi connectivity index (χ4v) is 3.77. The van der Waals surface area contributed by atoms with E-state index >= 15 is 0 Å². The molecule has 3 heterocycles. The van der Waals surface area contributed by atoms with Crippen molar-refractivity contribution in [2.24, 2.45) is 7.05 Å². The van der Waals surface area contributed by atoms with Gasteiger partial charge in [-0.1, -0.05) is 13.0 Å². The predicted octanol–water partition coefficient (Wildman–Crippen LogP) is 4.67. The van der Waals surface area contributed by atoms with Crippen LogP contribution >= 0.6 is 11.3 Å². The highest BCUT2D eigenvalue weighted by Gasteiger charge is 2.35. The van der Waals surface area contributed by atoms with Crippen molar-refractivity contribution < 1.29 is 18.3 Å². The smallest absolute Gasteiger partial charge is 0.395 e. The molecule has 2 aromatic heterocycles. The average Bonchev–Trinajstić information content (AvgIpc) is 3.23. The van der Waals surface area contributed by atoms with Crippen LogP contribution in [0, 0.1) is 0 Å². The number of thiophene rings is 1. The van der Waals surface area contributed by atoms with Gasteiger partial charge in [-0.05, 0) is 56.6 Å². The van der Waals surface area contributed by atoms with E-state index in [9.17, 15) is 13.2 Å². The van der Waals surface area contributed by atoms with Gasteiger partial charge in [-0.25, -0.2) is 0 Å². The molecule has 0 amide bonds. The fraction of sp³-hybridized carbons (Fsp3) is 0.526. The molecule has 150 valence electrons. The standard InChI is InChI=1S/C12H11F3N2S.C7H15NO/c1-7(2)9-4-5-10(18-9)8-6-11(12(13,14)15)17(3)16-8;9-7-6-8-4-2-1-3-5-8/h4-6H,1H2,2-3H3;9H,1-7H2. The van der Waals surface area contributed by atoms with Gasteiger partial charge in [0.25, 0.3) is 0 Å². The number of β-amino-alcohol motifs (C(OH)–C–C–N with tert-alkyl or cyclic N) is 1. The Morgan fingerprint density at radius 3 is 2.41 bits per heavy atom. The molecule has 1 fully saturated rings. The molecular weight excluding hydrogens is 375 g/mol. The van der Waals surface area contributed by atoms with Crippen molar-refractivity contribution in [1.29, 1.82) is 0 Å². The summed E-state index contributed by atoms with van der Waals surface area (Å²) < 4.78 is 38.8. The van der Waals surface area contributed by atoms with Crippen LogP contribution in [-0.4, -0.2) is 46.0 Å². The minimum atomic E-state index is -4.38. The molecule has 0 bridgehead atoms. The Morgan fingerprint density at radius 2 is 1.93 bits per heavy atom. The molecule has 1 saturated heterocycles. The molecule has 0 saturated carbocycles. The summed E-state index contributed by atoms with van der Waals surface area (Å²) in [4.78, 5) is 3.98. The molecule has 3 rings (SSSR count). The summed E-state index contributed by atoms with van der Waals surface area (Å²) >= 11 is 1.38. The molecule has 0 spiro atoms. The van der Waals surface area contributed by atoms with Gasteiger partial charge in [0.15, 0.2) is 0 Å². The van der Waals surface area contributed by atoms with E-state index in [1.165, 1.54) is 50.7 Å². The molecule has 1 N–H and O–H groups in total. The Morgan fingerprint density at radius 1 is 1.26 bits per heavy atom. The molecule has 27 heavy (non-hydrogen) atoms. The minimum absolute atomic E-state index is 0.319. The fourth-order valence-electron chi connectivity index (χ4n) is 2.88. The monoisotopic (exact) mass is 401 g/mol. The molecule has 1 aliphatic heterocycles. The summed E-state index contributed by atoms with van der Waals surface area (Å²) in [6, 6.07) is 4.66. The summed E-state index contributed by atoms with van der Waals surface area (Å²) in [6.07, 6.45) is -0.365. The number of hydrogen-bond donors (Lipinski definition) is 1. The van der Waals surface area contributed by atoms with E-state index in [1.54, 1.807) is 6.07 Å². The summed E-state index contributed by atoms with van der Waals surface area (Å²) in [5, 5.41) is 12.5. The van der Waals surface area contributed by atoms with E-state index in [0.29, 0.717) is 17.2 Å². The second-order valence-corrected chi connectivity index (χ2v) is 7.69. The lowest BCUT2D eigenvalue weighted by atomic mass is 10.1. The van der Waals surface area contributed by atoms with Gasteiger partial charge in [-0.3, -0.25) is 4.68 Å². The predicted molar refractivity (Wildman–Crippen MR) is 104 cm³/mol. The second-order valence-electron chi connectivity index (χ2n) is 6.61. The molecule has 0 aromatic carbocycles. The molecular formula is C19H26F3N3OS. The highest BCUT2D eigenvalue weighted by Crippen LogP contribution is 2.35. The Kier molecular flexibility index (Phi) is 7.64. The third kappa shape index (κ3) is 6.19. The number of aromatic nitrogens is 2. The van der Waals surface area contributed by atoms with Crippen LogP contribution in [0.1, 0.15) is 36.8 Å². The quantitative estimate of drug-likeness (QED) is 0.810. The average molecular weight is 401 g/mol. The van der Waals surface area contributed by atoms with E-state index in [4.69, 9.17) is 5.11 Å². The van der Waals surface area contributed by atoms with Gasteiger partial charge in [-0.15, -0.1) is 11.3 Å². The first-order chi connectivity index (χ1) is 12.7. The van der Waals surface area contributed by atoms with Crippen LogP contribution in [0.3, 0.4) is 0 Å². The normalized spacial score (nSPS) is 15.3. The van der Waals surface area contributed by atoms with Crippen molar-refractivity contribution in [3.8, 4) is 10.6 Å². The largest absolute Gasteiger partial charge is 0.433 e. The maximum atomic E-state index is 12.6. The van der Waals surface area contributed by atoms with Crippen LogP contribution in [0.25, 0.3) is 16.1 Å². The third-order valence-corrected chi connectivity index (χ3v) is 5.58. The highest BCUT2D eigenvalue weighted by molar-refractivity contribution is 7.16. The van der Waals surface area contributed by atoms with Crippen LogP contribution < -0.4 is 0 Å². The molecule has 1 aliphatic rings. The molecule has 0 unspecified atom stereocenters. The zero-order valence-corrected chi connectivity index (χ0v) is 16.5. The highest BCUT2D eigenvalue weighted by atomic mass is 32.1. The number of likely N-dealkylation sites (tertiary alicyclic amines) is 1. The van der Waals surface area contributed by atoms with Crippen molar-refractivity contribution in [2.45, 2.75) is 32.4 Å². The Labute approximate surface area is 161 Å². The van der Waals surface area contributed by atoms with Crippen molar-refractivity contribution in [3.05, 3.63) is 35.3 Å². The van der Waals surface area contributed by atoms with Gasteiger partial charge in [0, 0.05) is 18.5 Å². The summed E-state index contributed by atoms with van der Waals surface area (Å²) in [7, 11) is 1.29. The van der Waals surface area contributed by atoms with Gasteiger partial charge in [0.1, 0.15) is 11.4 Å². The van der Waals surface area contributed by atoms with Crippen LogP contribution in [0.4, 0.5) is 13.2 Å². The lowest BCUT2D eigenvalue weighted by Gasteiger charge is -2.25. The lowest BCUT2D eigenvalue weighted by molar-refractivity contribution is -0.143. The zero-order chi connectivity index (χ0) is 20.0. The summed E-state index contributed by atoms with van der Waals surface area (Å²) in [5.74, 6) is 0. The topological polar surface area (TPSA) is 41.3 Å². The third-order valence-electron chi connectivity index (χ3n) is 4.31. The van der Waals surface area contributed by atoms with Gasteiger partial charge in [-0.2, -0.15) is 18.3 Å². The number of aliphatic hydroxyl groups excluding tert-OH is 1. The zero-order valence-electron chi connectivity index (χ0n) is 15.7. The Bertz CT molecular complexity index is 743. The van der Waals surface area contributed by atoms with Crippen molar-refractivity contribution in [1.82, 2.24) is 14.7 Å². The molecule has 0 radical (unpaired) electrons. The molecule has 8 heteroatoms. The van der Waals surface area contributed by atoms with Crippen molar-refractivity contribution >= 4 is 16.9 Å². The number of piperidine rings is 1. The molecule has 0 aliphatic carbocycles. The van der Waals surface area contributed by atoms with E-state index in [1.807, 2.05) is 13.0 Å². The number of allylic oxidation sites excluding steroid dienone is 1. The van der Waals surface area contributed by atoms with Gasteiger partial charge < -0.3 is 10.0 Å². The first-order valence-corrected chi connectivity index (χ1v) is 9.74. The number of aliphatic hydroxyl groups is 1. The summed E-state index contributed by atoms with van der Waals surface area (Å²) in [5.41, 5.74) is 0.475. The van der Waals surface area contributed by atoms with E-state index < -0.39 is 11.9 Å². The first kappa shape index (κ1) is 21.7. The number of rotatable bonds is 4. The van der Waals surface area contributed by atoms with Crippen LogP contribution in [0.2, 0.25) is 0 Å². The summed E-state index contributed by atoms with van der Waals surface area (Å²) in [6.45, 7) is 9.24. The number of alkyl halides is 3. The first-order valence-electron chi connectivity index (χ1n) is 8.93. The number of nitrogens with zero attached hydrogens (tertiary/aromatic N) is 3. The Balaban J connectivity index is 0.000000244. The molecule has 2 aromatic rings. The van der Waals surface area contributed by atoms with Gasteiger partial charge in [0.2, 0.25) is 0 Å². The lowest BCUT2D eigenvalue weighted by Crippen LogP contribution is -2.31. The van der Waals surface area contributed by atoms with E-state index in [0.717, 1.165) is 27.7 Å². The Hall–Kier alpha value is -1.64. The van der Waals surface area contributed by atoms with Crippen molar-refractivity contribution in [2.75, 3.05) is 26.2 Å². The number of aryl methyl sites for hydroxylation is 1. The van der Waals surface area contributed by atoms with E-state index in [-0.39, 0.29) is 0 Å². The van der Waals surface area contributed by atoms with Gasteiger partial charge >= 0.3 is 6.18 Å².